The van der Waals surface area contributed by atoms with Gasteiger partial charge < -0.3 is 4.74 Å². The molecule has 0 spiro atoms. The highest BCUT2D eigenvalue weighted by molar-refractivity contribution is 5.52. The summed E-state index contributed by atoms with van der Waals surface area (Å²) in [6.45, 7) is 0. The van der Waals surface area contributed by atoms with E-state index in [1.165, 1.54) is 33.4 Å². The molecule has 0 radical (unpaired) electrons. The lowest BCUT2D eigenvalue weighted by molar-refractivity contribution is 0.476. The normalized spacial score (nSPS) is 10.7. The molecule has 1 nitrogen and oxygen atoms in total. The molecule has 0 saturated heterocycles. The van der Waals surface area contributed by atoms with E-state index in [4.69, 9.17) is 4.74 Å². The quantitative estimate of drug-likeness (QED) is 0.236. The number of ether oxygens (including phenoxy) is 1. The maximum absolute atomic E-state index is 6.47. The van der Waals surface area contributed by atoms with E-state index in [0.717, 1.165) is 30.8 Å². The van der Waals surface area contributed by atoms with Gasteiger partial charge in [-0.3, -0.25) is 0 Å². The first-order chi connectivity index (χ1) is 16.8. The van der Waals surface area contributed by atoms with Gasteiger partial charge in [-0.05, 0) is 58.9 Å². The van der Waals surface area contributed by atoms with Crippen LogP contribution in [0.25, 0.3) is 0 Å². The maximum Gasteiger partial charge on any atom is 0.131 e. The topological polar surface area (TPSA) is 9.23 Å². The van der Waals surface area contributed by atoms with Crippen molar-refractivity contribution in [2.75, 3.05) is 0 Å². The van der Waals surface area contributed by atoms with Gasteiger partial charge in [0.25, 0.3) is 0 Å². The summed E-state index contributed by atoms with van der Waals surface area (Å²) >= 11 is 0. The zero-order chi connectivity index (χ0) is 23.0. The first kappa shape index (κ1) is 21.7. The van der Waals surface area contributed by atoms with Crippen LogP contribution in [-0.4, -0.2) is 0 Å². The van der Waals surface area contributed by atoms with Gasteiger partial charge in [-0.1, -0.05) is 115 Å². The lowest BCUT2D eigenvalue weighted by Crippen LogP contribution is -2.06. The molecule has 5 aromatic carbocycles. The van der Waals surface area contributed by atoms with Crippen molar-refractivity contribution in [3.63, 3.8) is 0 Å². The third-order valence-electron chi connectivity index (χ3n) is 6.14. The zero-order valence-electron chi connectivity index (χ0n) is 19.2. The standard InChI is InChI=1S/C33H28O/c1-5-13-26(14-6-1)23-29-21-22-33(34-30-19-11-4-12-20-30)32(25-28-17-9-3-10-18-28)31(29)24-27-15-7-2-8-16-27/h1-22H,23-25H2. The van der Waals surface area contributed by atoms with Gasteiger partial charge in [0.05, 0.1) is 0 Å². The van der Waals surface area contributed by atoms with Crippen molar-refractivity contribution in [3.05, 3.63) is 167 Å². The van der Waals surface area contributed by atoms with E-state index in [9.17, 15) is 0 Å². The van der Waals surface area contributed by atoms with Crippen LogP contribution in [0.3, 0.4) is 0 Å². The van der Waals surface area contributed by atoms with Crippen molar-refractivity contribution in [3.8, 4) is 11.5 Å². The Morgan fingerprint density at radius 2 is 0.824 bits per heavy atom. The minimum atomic E-state index is 0.827. The number of rotatable bonds is 8. The van der Waals surface area contributed by atoms with Crippen LogP contribution in [0.1, 0.15) is 33.4 Å². The molecule has 0 atom stereocenters. The lowest BCUT2D eigenvalue weighted by atomic mass is 9.88. The van der Waals surface area contributed by atoms with Gasteiger partial charge >= 0.3 is 0 Å². The molecule has 0 heterocycles. The second-order valence-electron chi connectivity index (χ2n) is 8.58. The molecule has 0 aliphatic carbocycles. The Hall–Kier alpha value is -4.10. The molecular weight excluding hydrogens is 412 g/mol. The molecule has 166 valence electrons. The predicted molar refractivity (Wildman–Crippen MR) is 141 cm³/mol. The molecule has 0 unspecified atom stereocenters. The van der Waals surface area contributed by atoms with Crippen LogP contribution in [0.2, 0.25) is 0 Å². The Kier molecular flexibility index (Phi) is 6.82. The van der Waals surface area contributed by atoms with Crippen LogP contribution in [0.4, 0.5) is 0 Å². The SMILES string of the molecule is c1ccc(Cc2ccc(Oc3ccccc3)c(Cc3ccccc3)c2Cc2ccccc2)cc1. The molecule has 5 rings (SSSR count). The molecule has 1 heteroatoms. The van der Waals surface area contributed by atoms with Gasteiger partial charge in [-0.2, -0.15) is 0 Å². The monoisotopic (exact) mass is 440 g/mol. The third kappa shape index (κ3) is 5.44. The van der Waals surface area contributed by atoms with Gasteiger partial charge in [-0.25, -0.2) is 0 Å². The van der Waals surface area contributed by atoms with Gasteiger partial charge in [0, 0.05) is 12.0 Å². The average molecular weight is 441 g/mol. The largest absolute Gasteiger partial charge is 0.457 e. The van der Waals surface area contributed by atoms with Crippen molar-refractivity contribution in [1.82, 2.24) is 0 Å². The second-order valence-corrected chi connectivity index (χ2v) is 8.58. The number of hydrogen-bond donors (Lipinski definition) is 0. The van der Waals surface area contributed by atoms with Crippen molar-refractivity contribution in [1.29, 1.82) is 0 Å². The van der Waals surface area contributed by atoms with Crippen LogP contribution in [0.15, 0.2) is 133 Å². The van der Waals surface area contributed by atoms with Gasteiger partial charge in [0.15, 0.2) is 0 Å². The highest BCUT2D eigenvalue weighted by atomic mass is 16.5. The Bertz CT molecular complexity index is 1210. The van der Waals surface area contributed by atoms with Gasteiger partial charge in [0.2, 0.25) is 0 Å². The van der Waals surface area contributed by atoms with E-state index >= 15 is 0 Å². The second kappa shape index (κ2) is 10.7. The Labute approximate surface area is 202 Å². The first-order valence-corrected chi connectivity index (χ1v) is 11.8. The Morgan fingerprint density at radius 3 is 1.35 bits per heavy atom. The third-order valence-corrected chi connectivity index (χ3v) is 6.14. The summed E-state index contributed by atoms with van der Waals surface area (Å²) in [5.41, 5.74) is 7.87. The summed E-state index contributed by atoms with van der Waals surface area (Å²) in [6.07, 6.45) is 2.60. The molecule has 0 amide bonds. The Morgan fingerprint density at radius 1 is 0.382 bits per heavy atom. The predicted octanol–water partition coefficient (Wildman–Crippen LogP) is 8.25. The maximum atomic E-state index is 6.47. The summed E-state index contributed by atoms with van der Waals surface area (Å²) < 4.78 is 6.47. The molecule has 0 bridgehead atoms. The van der Waals surface area contributed by atoms with E-state index in [1.807, 2.05) is 30.3 Å². The van der Waals surface area contributed by atoms with Crippen molar-refractivity contribution >= 4 is 0 Å². The van der Waals surface area contributed by atoms with Crippen molar-refractivity contribution in [2.45, 2.75) is 19.3 Å². The van der Waals surface area contributed by atoms with E-state index in [0.29, 0.717) is 0 Å². The van der Waals surface area contributed by atoms with Gasteiger partial charge in [0.1, 0.15) is 11.5 Å². The number of hydrogen-bond acceptors (Lipinski definition) is 1. The summed E-state index contributed by atoms with van der Waals surface area (Å²) in [5, 5.41) is 0. The number of para-hydroxylation sites is 1. The fourth-order valence-electron chi connectivity index (χ4n) is 4.43. The zero-order valence-corrected chi connectivity index (χ0v) is 19.2. The average Bonchev–Trinajstić information content (AvgIpc) is 2.90. The summed E-state index contributed by atoms with van der Waals surface area (Å²) in [6, 6.07) is 46.6. The minimum absolute atomic E-state index is 0.827. The van der Waals surface area contributed by atoms with Crippen molar-refractivity contribution in [2.24, 2.45) is 0 Å². The van der Waals surface area contributed by atoms with E-state index in [2.05, 4.69) is 103 Å². The van der Waals surface area contributed by atoms with Crippen LogP contribution in [0, 0.1) is 0 Å². The molecular formula is C33H28O. The first-order valence-electron chi connectivity index (χ1n) is 11.8. The highest BCUT2D eigenvalue weighted by Crippen LogP contribution is 2.34. The summed E-state index contributed by atoms with van der Waals surface area (Å²) in [5.74, 6) is 1.79. The molecule has 0 fully saturated rings. The Balaban J connectivity index is 1.63. The smallest absolute Gasteiger partial charge is 0.131 e. The molecule has 0 aliphatic rings. The molecule has 0 aliphatic heterocycles. The molecule has 5 aromatic rings. The summed E-state index contributed by atoms with van der Waals surface area (Å²) in [4.78, 5) is 0. The van der Waals surface area contributed by atoms with Gasteiger partial charge in [-0.15, -0.1) is 0 Å². The van der Waals surface area contributed by atoms with Crippen LogP contribution in [-0.2, 0) is 19.3 Å². The highest BCUT2D eigenvalue weighted by Gasteiger charge is 2.17. The molecule has 0 aromatic heterocycles. The summed E-state index contributed by atoms with van der Waals surface area (Å²) in [7, 11) is 0. The van der Waals surface area contributed by atoms with Crippen molar-refractivity contribution < 1.29 is 4.74 Å². The fraction of sp³-hybridized carbons (Fsp3) is 0.0909. The van der Waals surface area contributed by atoms with Crippen LogP contribution >= 0.6 is 0 Å². The molecule has 0 saturated carbocycles. The van der Waals surface area contributed by atoms with Crippen LogP contribution in [0.5, 0.6) is 11.5 Å². The lowest BCUT2D eigenvalue weighted by Gasteiger charge is -2.20. The van der Waals surface area contributed by atoms with Crippen LogP contribution < -0.4 is 4.74 Å². The number of benzene rings is 5. The molecule has 34 heavy (non-hydrogen) atoms. The minimum Gasteiger partial charge on any atom is -0.457 e. The van der Waals surface area contributed by atoms with E-state index in [1.54, 1.807) is 0 Å². The van der Waals surface area contributed by atoms with E-state index < -0.39 is 0 Å². The van der Waals surface area contributed by atoms with E-state index in [-0.39, 0.29) is 0 Å². The molecule has 0 N–H and O–H groups in total. The fourth-order valence-corrected chi connectivity index (χ4v) is 4.43.